The second kappa shape index (κ2) is 3.67. The predicted molar refractivity (Wildman–Crippen MR) is 48.4 cm³/mol. The Morgan fingerprint density at radius 3 is 2.57 bits per heavy atom. The average molecular weight is 198 g/mol. The van der Waals surface area contributed by atoms with Gasteiger partial charge in [0.15, 0.2) is 0 Å². The highest BCUT2D eigenvalue weighted by atomic mass is 19.3. The molecule has 0 unspecified atom stereocenters. The van der Waals surface area contributed by atoms with Crippen molar-refractivity contribution in [3.05, 3.63) is 30.3 Å². The number of benzene rings is 1. The van der Waals surface area contributed by atoms with Crippen LogP contribution in [0, 0.1) is 0 Å². The van der Waals surface area contributed by atoms with E-state index in [-0.39, 0.29) is 13.0 Å². The maximum absolute atomic E-state index is 13.3. The van der Waals surface area contributed by atoms with Crippen molar-refractivity contribution in [1.82, 2.24) is 0 Å². The van der Waals surface area contributed by atoms with Crippen LogP contribution in [0.5, 0.6) is 0 Å². The maximum atomic E-state index is 13.3. The summed E-state index contributed by atoms with van der Waals surface area (Å²) in [5.41, 5.74) is 0.442. The van der Waals surface area contributed by atoms with E-state index in [2.05, 4.69) is 9.69 Å². The molecular weight excluding hydrogens is 189 g/mol. The van der Waals surface area contributed by atoms with Gasteiger partial charge in [0.2, 0.25) is 0 Å². The molecule has 0 bridgehead atoms. The molecule has 74 valence electrons. The normalized spacial score (nSPS) is 20.9. The lowest BCUT2D eigenvalue weighted by molar-refractivity contribution is -0.248. The Balaban J connectivity index is 2.24. The van der Waals surface area contributed by atoms with Crippen molar-refractivity contribution in [2.45, 2.75) is 12.2 Å². The van der Waals surface area contributed by atoms with Crippen LogP contribution in [0.3, 0.4) is 0 Å². The second-order valence-corrected chi connectivity index (χ2v) is 3.22. The minimum atomic E-state index is -2.85. The topological polar surface area (TPSA) is 18.5 Å². The number of hydrogen-bond donors (Lipinski definition) is 0. The molecule has 1 heterocycles. The van der Waals surface area contributed by atoms with Crippen LogP contribution in [-0.2, 0) is 9.69 Å². The zero-order chi connectivity index (χ0) is 10.0. The van der Waals surface area contributed by atoms with Gasteiger partial charge >= 0.3 is 6.92 Å². The highest BCUT2D eigenvalue weighted by Crippen LogP contribution is 2.26. The number of alkyl halides is 2. The number of hydrogen-bond acceptors (Lipinski definition) is 2. The minimum absolute atomic E-state index is 0.0592. The summed E-state index contributed by atoms with van der Waals surface area (Å²) in [6, 6.07) is 8.37. The van der Waals surface area contributed by atoms with Gasteiger partial charge in [0.25, 0.3) is 5.82 Å². The molecule has 1 aromatic carbocycles. The van der Waals surface area contributed by atoms with Crippen molar-refractivity contribution in [3.8, 4) is 0 Å². The molecule has 0 saturated carbocycles. The first-order valence-electron chi connectivity index (χ1n) is 4.41. The van der Waals surface area contributed by atoms with Gasteiger partial charge in [-0.25, -0.2) is 8.78 Å². The Kier molecular flexibility index (Phi) is 2.52. The van der Waals surface area contributed by atoms with E-state index in [4.69, 9.17) is 0 Å². The van der Waals surface area contributed by atoms with E-state index in [1.54, 1.807) is 30.3 Å². The molecule has 2 rings (SSSR count). The highest BCUT2D eigenvalue weighted by molar-refractivity contribution is 6.69. The summed E-state index contributed by atoms with van der Waals surface area (Å²) in [4.78, 5) is 9.22. The van der Waals surface area contributed by atoms with E-state index in [1.807, 2.05) is 0 Å². The van der Waals surface area contributed by atoms with Gasteiger partial charge < -0.3 is 0 Å². The molecule has 0 amide bonds. The molecule has 1 fully saturated rings. The summed E-state index contributed by atoms with van der Waals surface area (Å²) >= 11 is 0. The van der Waals surface area contributed by atoms with Crippen molar-refractivity contribution in [2.75, 3.05) is 6.61 Å². The van der Waals surface area contributed by atoms with Gasteiger partial charge in [0.1, 0.15) is 0 Å². The van der Waals surface area contributed by atoms with Crippen LogP contribution in [-0.4, -0.2) is 19.3 Å². The molecule has 1 aliphatic heterocycles. The van der Waals surface area contributed by atoms with E-state index >= 15 is 0 Å². The fourth-order valence-electron chi connectivity index (χ4n) is 1.42. The zero-order valence-corrected chi connectivity index (χ0v) is 7.45. The molecule has 1 saturated heterocycles. The lowest BCUT2D eigenvalue weighted by Gasteiger charge is -2.27. The number of rotatable bonds is 1. The minimum Gasteiger partial charge on any atom is -0.291 e. The summed E-state index contributed by atoms with van der Waals surface area (Å²) in [5.74, 6) is -2.85. The lowest BCUT2D eigenvalue weighted by Crippen LogP contribution is -2.53. The average Bonchev–Trinajstić information content (AvgIpc) is 2.18. The molecule has 0 aliphatic carbocycles. The third kappa shape index (κ3) is 1.78. The van der Waals surface area contributed by atoms with Crippen LogP contribution in [0.2, 0.25) is 0 Å². The summed E-state index contributed by atoms with van der Waals surface area (Å²) in [7, 11) is 0. The first kappa shape index (κ1) is 9.61. The Hall–Kier alpha value is -0.935. The number of halogens is 2. The second-order valence-electron chi connectivity index (χ2n) is 3.22. The predicted octanol–water partition coefficient (Wildman–Crippen LogP) is 1.41. The fraction of sp³-hybridized carbons (Fsp3) is 0.333. The van der Waals surface area contributed by atoms with Crippen molar-refractivity contribution in [2.24, 2.45) is 0 Å². The van der Waals surface area contributed by atoms with E-state index < -0.39 is 12.7 Å². The van der Waals surface area contributed by atoms with Crippen LogP contribution in [0.25, 0.3) is 0 Å². The van der Waals surface area contributed by atoms with Gasteiger partial charge in [0, 0.05) is 6.42 Å². The van der Waals surface area contributed by atoms with Gasteiger partial charge in [-0.05, 0) is 5.46 Å². The standard InChI is InChI=1S/C9H9BF2O2/c11-9(12)6-7-13-14-10(9)8-4-2-1-3-5-8/h1-5H,6-7H2. The molecule has 0 atom stereocenters. The Morgan fingerprint density at radius 1 is 1.21 bits per heavy atom. The van der Waals surface area contributed by atoms with E-state index in [0.29, 0.717) is 5.46 Å². The van der Waals surface area contributed by atoms with Crippen molar-refractivity contribution in [3.63, 3.8) is 0 Å². The van der Waals surface area contributed by atoms with Crippen LogP contribution in [0.1, 0.15) is 6.42 Å². The van der Waals surface area contributed by atoms with E-state index in [9.17, 15) is 8.78 Å². The third-order valence-corrected chi connectivity index (χ3v) is 2.17. The first-order chi connectivity index (χ1) is 6.70. The van der Waals surface area contributed by atoms with E-state index in [1.165, 1.54) is 0 Å². The molecule has 14 heavy (non-hydrogen) atoms. The summed E-state index contributed by atoms with van der Waals surface area (Å²) in [5, 5.41) is 0. The molecule has 0 radical (unpaired) electrons. The summed E-state index contributed by atoms with van der Waals surface area (Å²) < 4.78 is 26.7. The third-order valence-electron chi connectivity index (χ3n) is 2.17. The van der Waals surface area contributed by atoms with Crippen LogP contribution in [0.4, 0.5) is 8.78 Å². The molecule has 0 aromatic heterocycles. The quantitative estimate of drug-likeness (QED) is 0.501. The van der Waals surface area contributed by atoms with Gasteiger partial charge in [-0.15, -0.1) is 0 Å². The SMILES string of the molecule is FC1(F)CCOOB1c1ccccc1. The van der Waals surface area contributed by atoms with Crippen molar-refractivity contribution in [1.29, 1.82) is 0 Å². The zero-order valence-electron chi connectivity index (χ0n) is 7.45. The monoisotopic (exact) mass is 198 g/mol. The molecule has 2 nitrogen and oxygen atoms in total. The molecule has 5 heteroatoms. The largest absolute Gasteiger partial charge is 0.450 e. The van der Waals surface area contributed by atoms with Crippen LogP contribution < -0.4 is 5.46 Å². The lowest BCUT2D eigenvalue weighted by atomic mass is 9.54. The van der Waals surface area contributed by atoms with E-state index in [0.717, 1.165) is 0 Å². The van der Waals surface area contributed by atoms with Gasteiger partial charge in [0.05, 0.1) is 6.61 Å². The summed E-state index contributed by atoms with van der Waals surface area (Å²) in [6.45, 7) is -1.34. The van der Waals surface area contributed by atoms with Crippen molar-refractivity contribution >= 4 is 12.4 Å². The summed E-state index contributed by atoms with van der Waals surface area (Å²) in [6.07, 6.45) is -0.299. The molecule has 0 spiro atoms. The molecular formula is C9H9BF2O2. The molecule has 1 aliphatic rings. The Bertz CT molecular complexity index is 305. The molecule has 0 N–H and O–H groups in total. The van der Waals surface area contributed by atoms with Crippen molar-refractivity contribution < 1.29 is 18.5 Å². The fourth-order valence-corrected chi connectivity index (χ4v) is 1.42. The maximum Gasteiger partial charge on any atom is 0.450 e. The highest BCUT2D eigenvalue weighted by Gasteiger charge is 2.50. The first-order valence-corrected chi connectivity index (χ1v) is 4.41. The van der Waals surface area contributed by atoms with Gasteiger partial charge in [-0.2, -0.15) is 0 Å². The van der Waals surface area contributed by atoms with Crippen LogP contribution in [0.15, 0.2) is 30.3 Å². The molecule has 1 aromatic rings. The smallest absolute Gasteiger partial charge is 0.291 e. The Morgan fingerprint density at radius 2 is 1.93 bits per heavy atom. The van der Waals surface area contributed by atoms with Gasteiger partial charge in [-0.3, -0.25) is 9.69 Å². The Labute approximate surface area is 80.9 Å². The van der Waals surface area contributed by atoms with Crippen LogP contribution >= 0.6 is 0 Å². The van der Waals surface area contributed by atoms with Gasteiger partial charge in [-0.1, -0.05) is 30.3 Å².